The van der Waals surface area contributed by atoms with Gasteiger partial charge in [-0.05, 0) is 80.0 Å². The van der Waals surface area contributed by atoms with Crippen LogP contribution in [0.3, 0.4) is 0 Å². The van der Waals surface area contributed by atoms with E-state index in [1.807, 2.05) is 81.4 Å². The first kappa shape index (κ1) is 33.2. The molecule has 2 aliphatic rings. The average molecular weight is 666 g/mol. The number of allylic oxidation sites excluding steroid dienone is 2. The second-order valence-corrected chi connectivity index (χ2v) is 14.4. The quantitative estimate of drug-likeness (QED) is 0.209. The molecule has 0 radical (unpaired) electrons. The number of fused-ring (bicyclic) bond motifs is 1. The molecule has 0 saturated carbocycles. The summed E-state index contributed by atoms with van der Waals surface area (Å²) in [7, 11) is 0. The van der Waals surface area contributed by atoms with Crippen molar-refractivity contribution in [1.29, 1.82) is 0 Å². The van der Waals surface area contributed by atoms with Gasteiger partial charge in [0.05, 0.1) is 35.9 Å². The summed E-state index contributed by atoms with van der Waals surface area (Å²) in [5.41, 5.74) is 5.98. The van der Waals surface area contributed by atoms with Gasteiger partial charge in [0.15, 0.2) is 11.6 Å². The number of nitrogens with zero attached hydrogens (tertiary/aromatic N) is 4. The summed E-state index contributed by atoms with van der Waals surface area (Å²) in [5, 5.41) is 4.00. The van der Waals surface area contributed by atoms with E-state index in [1.165, 1.54) is 4.90 Å². The number of carbonyl (C=O) groups excluding carboxylic acids is 1. The largest absolute Gasteiger partial charge is 0.493 e. The Kier molecular flexibility index (Phi) is 9.27. The molecule has 2 aliphatic heterocycles. The average Bonchev–Trinajstić information content (AvgIpc) is 3.52. The maximum Gasteiger partial charge on any atom is 0.420 e. The first-order valence-corrected chi connectivity index (χ1v) is 16.3. The van der Waals surface area contributed by atoms with Gasteiger partial charge in [0, 0.05) is 41.2 Å². The minimum atomic E-state index is -0.733. The van der Waals surface area contributed by atoms with Gasteiger partial charge in [-0.3, -0.25) is 4.98 Å². The number of hydrogen-bond donors (Lipinski definition) is 1. The number of aromatic nitrogens is 3. The van der Waals surface area contributed by atoms with Crippen molar-refractivity contribution in [2.45, 2.75) is 73.0 Å². The van der Waals surface area contributed by atoms with Gasteiger partial charge in [0.25, 0.3) is 0 Å². The van der Waals surface area contributed by atoms with Crippen LogP contribution in [-0.2, 0) is 34.0 Å². The van der Waals surface area contributed by atoms with Crippen molar-refractivity contribution < 1.29 is 19.0 Å². The lowest BCUT2D eigenvalue weighted by molar-refractivity contribution is 0.0597. The summed E-state index contributed by atoms with van der Waals surface area (Å²) in [4.78, 5) is 29.5. The fourth-order valence-electron chi connectivity index (χ4n) is 5.40. The molecular formula is C38H40ClN5O4. The lowest BCUT2D eigenvalue weighted by Gasteiger charge is -2.30. The van der Waals surface area contributed by atoms with E-state index in [1.54, 1.807) is 18.7 Å². The van der Waals surface area contributed by atoms with Crippen molar-refractivity contribution in [2.75, 3.05) is 10.2 Å². The van der Waals surface area contributed by atoms with Crippen LogP contribution in [0.4, 0.5) is 22.0 Å². The molecule has 6 rings (SSSR count). The molecule has 2 aromatic heterocycles. The topological polar surface area (TPSA) is 98.7 Å². The lowest BCUT2D eigenvalue weighted by atomic mass is 9.86. The standard InChI is InChI=1S/C38H40ClN5O4/c1-37(2,3)33-18-26(14-15-47-33)25-10-12-30(13-11-25)44(36(45)48-38(4,5)6)35-31-22-46-23-32(31)42-34(43-35)27-8-7-9-29(17-27)41-20-24-16-28(39)21-40-19-24/h7-19,21,33,41H,20,22-23H2,1-6H3. The number of pyridine rings is 1. The maximum atomic E-state index is 14.0. The van der Waals surface area contributed by atoms with Crippen molar-refractivity contribution >= 4 is 40.5 Å². The molecule has 1 atom stereocenters. The second kappa shape index (κ2) is 13.4. The first-order valence-electron chi connectivity index (χ1n) is 15.9. The van der Waals surface area contributed by atoms with E-state index in [-0.39, 0.29) is 18.1 Å². The van der Waals surface area contributed by atoms with Crippen LogP contribution in [0.2, 0.25) is 5.02 Å². The molecule has 248 valence electrons. The Bertz CT molecular complexity index is 1880. The molecule has 4 aromatic rings. The number of carbonyl (C=O) groups is 1. The van der Waals surface area contributed by atoms with E-state index in [0.717, 1.165) is 39.2 Å². The predicted octanol–water partition coefficient (Wildman–Crippen LogP) is 9.25. The van der Waals surface area contributed by atoms with Gasteiger partial charge in [-0.2, -0.15) is 0 Å². The summed E-state index contributed by atoms with van der Waals surface area (Å²) in [6.45, 7) is 13.1. The summed E-state index contributed by atoms with van der Waals surface area (Å²) in [5.74, 6) is 0.897. The normalized spacial score (nSPS) is 15.7. The smallest absolute Gasteiger partial charge is 0.420 e. The molecule has 4 heterocycles. The fourth-order valence-corrected chi connectivity index (χ4v) is 5.60. The van der Waals surface area contributed by atoms with E-state index < -0.39 is 11.7 Å². The molecule has 1 amide bonds. The number of amides is 1. The van der Waals surface area contributed by atoms with Gasteiger partial charge in [-0.25, -0.2) is 19.7 Å². The Morgan fingerprint density at radius 1 is 1.00 bits per heavy atom. The Balaban J connectivity index is 1.37. The molecule has 0 aliphatic carbocycles. The van der Waals surface area contributed by atoms with Gasteiger partial charge < -0.3 is 19.5 Å². The molecule has 48 heavy (non-hydrogen) atoms. The number of benzene rings is 2. The van der Waals surface area contributed by atoms with Gasteiger partial charge in [-0.15, -0.1) is 0 Å². The lowest BCUT2D eigenvalue weighted by Crippen LogP contribution is -2.35. The van der Waals surface area contributed by atoms with Crippen LogP contribution in [0.1, 0.15) is 63.9 Å². The highest BCUT2D eigenvalue weighted by Crippen LogP contribution is 2.37. The van der Waals surface area contributed by atoms with Crippen LogP contribution in [-0.4, -0.2) is 32.8 Å². The van der Waals surface area contributed by atoms with Crippen molar-refractivity contribution in [3.63, 3.8) is 0 Å². The van der Waals surface area contributed by atoms with E-state index in [9.17, 15) is 4.79 Å². The summed E-state index contributed by atoms with van der Waals surface area (Å²) in [6.07, 6.45) is 8.62. The SMILES string of the molecule is CC(C)(C)OC(=O)N(c1ccc(C2=CC(C(C)(C)C)OC=C2)cc1)c1nc(-c2cccc(NCc3cncc(Cl)c3)c2)nc2c1COC2. The zero-order chi connectivity index (χ0) is 34.1. The van der Waals surface area contributed by atoms with Crippen LogP contribution < -0.4 is 10.2 Å². The molecule has 10 heteroatoms. The molecule has 1 unspecified atom stereocenters. The third-order valence-corrected chi connectivity index (χ3v) is 8.05. The summed E-state index contributed by atoms with van der Waals surface area (Å²) in [6, 6.07) is 17.5. The Morgan fingerprint density at radius 2 is 1.79 bits per heavy atom. The molecule has 1 N–H and O–H groups in total. The third-order valence-electron chi connectivity index (χ3n) is 7.84. The van der Waals surface area contributed by atoms with Crippen LogP contribution >= 0.6 is 11.6 Å². The van der Waals surface area contributed by atoms with Crippen LogP contribution in [0.15, 0.2) is 85.4 Å². The summed E-state index contributed by atoms with van der Waals surface area (Å²) < 4.78 is 17.6. The van der Waals surface area contributed by atoms with Gasteiger partial charge in [0.2, 0.25) is 0 Å². The van der Waals surface area contributed by atoms with Crippen molar-refractivity contribution in [3.05, 3.63) is 113 Å². The fraction of sp³-hybridized carbons (Fsp3) is 0.316. The van der Waals surface area contributed by atoms with Crippen LogP contribution in [0.5, 0.6) is 0 Å². The molecule has 9 nitrogen and oxygen atoms in total. The van der Waals surface area contributed by atoms with Gasteiger partial charge in [0.1, 0.15) is 11.7 Å². The Morgan fingerprint density at radius 3 is 2.52 bits per heavy atom. The molecule has 0 saturated heterocycles. The van der Waals surface area contributed by atoms with Gasteiger partial charge in [-0.1, -0.05) is 56.6 Å². The highest BCUT2D eigenvalue weighted by molar-refractivity contribution is 6.30. The number of halogens is 1. The van der Waals surface area contributed by atoms with E-state index in [2.05, 4.69) is 37.1 Å². The zero-order valence-corrected chi connectivity index (χ0v) is 28.8. The monoisotopic (exact) mass is 665 g/mol. The minimum absolute atomic E-state index is 0.0555. The molecule has 0 fully saturated rings. The van der Waals surface area contributed by atoms with Crippen molar-refractivity contribution in [2.24, 2.45) is 5.41 Å². The number of hydrogen-bond acceptors (Lipinski definition) is 8. The van der Waals surface area contributed by atoms with Gasteiger partial charge >= 0.3 is 6.09 Å². The number of rotatable bonds is 7. The number of anilines is 3. The molecule has 0 spiro atoms. The highest BCUT2D eigenvalue weighted by atomic mass is 35.5. The highest BCUT2D eigenvalue weighted by Gasteiger charge is 2.32. The maximum absolute atomic E-state index is 14.0. The summed E-state index contributed by atoms with van der Waals surface area (Å²) >= 11 is 6.12. The molecule has 2 aromatic carbocycles. The minimum Gasteiger partial charge on any atom is -0.493 e. The van der Waals surface area contributed by atoms with E-state index >= 15 is 0 Å². The zero-order valence-electron chi connectivity index (χ0n) is 28.1. The van der Waals surface area contributed by atoms with E-state index in [0.29, 0.717) is 35.5 Å². The van der Waals surface area contributed by atoms with Crippen LogP contribution in [0, 0.1) is 5.41 Å². The number of ether oxygens (including phenoxy) is 3. The van der Waals surface area contributed by atoms with Crippen molar-refractivity contribution in [1.82, 2.24) is 15.0 Å². The number of nitrogens with one attached hydrogen (secondary N) is 1. The van der Waals surface area contributed by atoms with Crippen LogP contribution in [0.25, 0.3) is 17.0 Å². The second-order valence-electron chi connectivity index (χ2n) is 13.9. The predicted molar refractivity (Wildman–Crippen MR) is 189 cm³/mol. The third kappa shape index (κ3) is 7.69. The molecule has 0 bridgehead atoms. The van der Waals surface area contributed by atoms with E-state index in [4.69, 9.17) is 35.8 Å². The molecular weight excluding hydrogens is 626 g/mol. The Labute approximate surface area is 286 Å². The Hall–Kier alpha value is -4.73. The van der Waals surface area contributed by atoms with Crippen molar-refractivity contribution in [3.8, 4) is 11.4 Å². The first-order chi connectivity index (χ1) is 22.8.